The lowest BCUT2D eigenvalue weighted by Gasteiger charge is -2.39. The van der Waals surface area contributed by atoms with E-state index in [2.05, 4.69) is 11.4 Å². The van der Waals surface area contributed by atoms with E-state index in [0.717, 1.165) is 47.8 Å². The van der Waals surface area contributed by atoms with Gasteiger partial charge >= 0.3 is 0 Å². The molecule has 4 rings (SSSR count). The van der Waals surface area contributed by atoms with Crippen LogP contribution in [0.2, 0.25) is 0 Å². The smallest absolute Gasteiger partial charge is 0.223 e. The van der Waals surface area contributed by atoms with Crippen LogP contribution in [0.3, 0.4) is 0 Å². The first kappa shape index (κ1) is 22.8. The van der Waals surface area contributed by atoms with Gasteiger partial charge in [0.15, 0.2) is 11.6 Å². The molecule has 6 heteroatoms. The molecular formula is C27H28FN3O2. The number of nitrogens with zero attached hydrogens (tertiary/aromatic N) is 2. The van der Waals surface area contributed by atoms with Crippen LogP contribution in [0.4, 0.5) is 4.39 Å². The van der Waals surface area contributed by atoms with Gasteiger partial charge < -0.3 is 15.0 Å². The number of ether oxygens (including phenoxy) is 1. The predicted molar refractivity (Wildman–Crippen MR) is 126 cm³/mol. The Labute approximate surface area is 193 Å². The van der Waals surface area contributed by atoms with Crippen LogP contribution in [0, 0.1) is 17.1 Å². The molecule has 0 radical (unpaired) electrons. The third kappa shape index (κ3) is 4.69. The van der Waals surface area contributed by atoms with Crippen LogP contribution >= 0.6 is 0 Å². The number of carbonyl (C=O) groups is 1. The third-order valence-electron chi connectivity index (χ3n) is 6.72. The molecule has 0 aliphatic carbocycles. The van der Waals surface area contributed by atoms with E-state index in [-0.39, 0.29) is 11.7 Å². The highest BCUT2D eigenvalue weighted by atomic mass is 19.1. The fourth-order valence-corrected chi connectivity index (χ4v) is 4.82. The maximum Gasteiger partial charge on any atom is 0.223 e. The lowest BCUT2D eigenvalue weighted by atomic mass is 9.70. The zero-order valence-electron chi connectivity index (χ0n) is 19.0. The van der Waals surface area contributed by atoms with Gasteiger partial charge in [-0.3, -0.25) is 4.79 Å². The fraction of sp³-hybridized carbons (Fsp3) is 0.333. The number of halogens is 1. The molecule has 1 aliphatic rings. The standard InChI is InChI=1S/C27H28FN3O2/c1-31(18-21-14-19(17-29)13-20-5-3-4-6-23(20)21)26(32)16-27(9-11-30-12-10-27)22-7-8-25(33-2)24(28)15-22/h3-8,13-15,30H,9-12,16,18H2,1-2H3. The number of hydrogen-bond donors (Lipinski definition) is 1. The molecule has 0 bridgehead atoms. The van der Waals surface area contributed by atoms with Crippen molar-refractivity contribution < 1.29 is 13.9 Å². The van der Waals surface area contributed by atoms with Crippen LogP contribution in [0.1, 0.15) is 36.0 Å². The summed E-state index contributed by atoms with van der Waals surface area (Å²) < 4.78 is 19.6. The summed E-state index contributed by atoms with van der Waals surface area (Å²) in [6.07, 6.45) is 1.81. The summed E-state index contributed by atoms with van der Waals surface area (Å²) in [5.74, 6) is -0.205. The molecule has 1 aliphatic heterocycles. The summed E-state index contributed by atoms with van der Waals surface area (Å²) in [6.45, 7) is 1.96. The number of nitrogens with one attached hydrogen (secondary N) is 1. The van der Waals surface area contributed by atoms with Crippen molar-refractivity contribution in [3.63, 3.8) is 0 Å². The quantitative estimate of drug-likeness (QED) is 0.606. The Balaban J connectivity index is 1.60. The average molecular weight is 446 g/mol. The van der Waals surface area contributed by atoms with Crippen molar-refractivity contribution in [2.24, 2.45) is 0 Å². The predicted octanol–water partition coefficient (Wildman–Crippen LogP) is 4.53. The highest BCUT2D eigenvalue weighted by Gasteiger charge is 2.37. The molecule has 1 N–H and O–H groups in total. The van der Waals surface area contributed by atoms with Gasteiger partial charge in [-0.25, -0.2) is 4.39 Å². The van der Waals surface area contributed by atoms with Gasteiger partial charge in [0, 0.05) is 25.4 Å². The first-order chi connectivity index (χ1) is 16.0. The molecule has 3 aromatic rings. The normalized spacial score (nSPS) is 15.1. The Morgan fingerprint density at radius 1 is 1.18 bits per heavy atom. The summed E-state index contributed by atoms with van der Waals surface area (Å²) in [4.78, 5) is 15.1. The molecule has 3 aromatic carbocycles. The third-order valence-corrected chi connectivity index (χ3v) is 6.72. The van der Waals surface area contributed by atoms with E-state index in [0.29, 0.717) is 18.5 Å². The second-order valence-electron chi connectivity index (χ2n) is 8.77. The average Bonchev–Trinajstić information content (AvgIpc) is 2.84. The number of fused-ring (bicyclic) bond motifs is 1. The molecule has 0 unspecified atom stereocenters. The monoisotopic (exact) mass is 445 g/mol. The van der Waals surface area contributed by atoms with Gasteiger partial charge in [0.2, 0.25) is 5.91 Å². The Morgan fingerprint density at radius 2 is 1.94 bits per heavy atom. The van der Waals surface area contributed by atoms with Crippen LogP contribution in [0.15, 0.2) is 54.6 Å². The minimum atomic E-state index is -0.430. The lowest BCUT2D eigenvalue weighted by molar-refractivity contribution is -0.132. The number of benzene rings is 3. The number of amides is 1. The molecule has 0 saturated carbocycles. The molecule has 5 nitrogen and oxygen atoms in total. The van der Waals surface area contributed by atoms with Crippen LogP contribution in [0.25, 0.3) is 10.8 Å². The summed E-state index contributed by atoms with van der Waals surface area (Å²) in [5, 5.41) is 14.8. The van der Waals surface area contributed by atoms with Crippen molar-refractivity contribution in [1.29, 1.82) is 5.26 Å². The maximum atomic E-state index is 14.5. The topological polar surface area (TPSA) is 65.4 Å². The summed E-state index contributed by atoms with van der Waals surface area (Å²) >= 11 is 0. The van der Waals surface area contributed by atoms with Crippen molar-refractivity contribution in [1.82, 2.24) is 10.2 Å². The molecule has 1 amide bonds. The van der Waals surface area contributed by atoms with Crippen LogP contribution in [-0.4, -0.2) is 38.1 Å². The summed E-state index contributed by atoms with van der Waals surface area (Å²) in [7, 11) is 3.24. The molecule has 1 saturated heterocycles. The highest BCUT2D eigenvalue weighted by molar-refractivity contribution is 5.87. The Kier molecular flexibility index (Phi) is 6.62. The van der Waals surface area contributed by atoms with Gasteiger partial charge in [-0.15, -0.1) is 0 Å². The van der Waals surface area contributed by atoms with Crippen molar-refractivity contribution >= 4 is 16.7 Å². The highest BCUT2D eigenvalue weighted by Crippen LogP contribution is 2.39. The van der Waals surface area contributed by atoms with Crippen LogP contribution < -0.4 is 10.1 Å². The maximum absolute atomic E-state index is 14.5. The van der Waals surface area contributed by atoms with Gasteiger partial charge in [-0.1, -0.05) is 30.3 Å². The number of piperidine rings is 1. The van der Waals surface area contributed by atoms with Crippen molar-refractivity contribution in [2.45, 2.75) is 31.2 Å². The zero-order chi connectivity index (χ0) is 23.4. The molecule has 0 atom stereocenters. The lowest BCUT2D eigenvalue weighted by Crippen LogP contribution is -2.43. The van der Waals surface area contributed by atoms with Crippen LogP contribution in [-0.2, 0) is 16.8 Å². The van der Waals surface area contributed by atoms with Crippen LogP contribution in [0.5, 0.6) is 5.75 Å². The number of nitriles is 1. The summed E-state index contributed by atoms with van der Waals surface area (Å²) in [6, 6.07) is 18.9. The Bertz CT molecular complexity index is 1210. The van der Waals surface area contributed by atoms with Crippen molar-refractivity contribution in [2.75, 3.05) is 27.2 Å². The van der Waals surface area contributed by atoms with E-state index in [9.17, 15) is 14.4 Å². The molecule has 1 fully saturated rings. The summed E-state index contributed by atoms with van der Waals surface area (Å²) in [5.41, 5.74) is 1.92. The molecule has 170 valence electrons. The van der Waals surface area contributed by atoms with Gasteiger partial charge in [-0.05, 0) is 72.1 Å². The van der Waals surface area contributed by atoms with Crippen molar-refractivity contribution in [3.05, 3.63) is 77.1 Å². The Morgan fingerprint density at radius 3 is 2.64 bits per heavy atom. The molecule has 33 heavy (non-hydrogen) atoms. The van der Waals surface area contributed by atoms with E-state index < -0.39 is 11.2 Å². The number of carbonyl (C=O) groups excluding carboxylic acids is 1. The Hall–Kier alpha value is -3.43. The van der Waals surface area contributed by atoms with Gasteiger partial charge in [0.05, 0.1) is 18.7 Å². The van der Waals surface area contributed by atoms with E-state index in [1.165, 1.54) is 13.2 Å². The van der Waals surface area contributed by atoms with Gasteiger partial charge in [0.1, 0.15) is 0 Å². The van der Waals surface area contributed by atoms with E-state index in [1.54, 1.807) is 18.0 Å². The number of hydrogen-bond acceptors (Lipinski definition) is 4. The van der Waals surface area contributed by atoms with E-state index >= 15 is 0 Å². The first-order valence-corrected chi connectivity index (χ1v) is 11.2. The fourth-order valence-electron chi connectivity index (χ4n) is 4.82. The van der Waals surface area contributed by atoms with E-state index in [1.807, 2.05) is 42.5 Å². The molecule has 0 spiro atoms. The van der Waals surface area contributed by atoms with Crippen molar-refractivity contribution in [3.8, 4) is 11.8 Å². The largest absolute Gasteiger partial charge is 0.494 e. The SMILES string of the molecule is COc1ccc(C2(CC(=O)N(C)Cc3cc(C#N)cc4ccccc34)CCNCC2)cc1F. The molecule has 0 aromatic heterocycles. The first-order valence-electron chi connectivity index (χ1n) is 11.2. The number of methoxy groups -OCH3 is 1. The molecular weight excluding hydrogens is 417 g/mol. The molecule has 1 heterocycles. The van der Waals surface area contributed by atoms with E-state index in [4.69, 9.17) is 4.74 Å². The van der Waals surface area contributed by atoms with Gasteiger partial charge in [-0.2, -0.15) is 5.26 Å². The second kappa shape index (κ2) is 9.60. The second-order valence-corrected chi connectivity index (χ2v) is 8.77. The zero-order valence-corrected chi connectivity index (χ0v) is 19.0. The minimum absolute atomic E-state index is 0.000400. The van der Waals surface area contributed by atoms with Gasteiger partial charge in [0.25, 0.3) is 0 Å². The number of rotatable bonds is 6. The minimum Gasteiger partial charge on any atom is -0.494 e.